The predicted octanol–water partition coefficient (Wildman–Crippen LogP) is 20.9. The van der Waals surface area contributed by atoms with Gasteiger partial charge >= 0.3 is 17.9 Å². The van der Waals surface area contributed by atoms with Crippen LogP contribution in [0.15, 0.2) is 97.2 Å². The number of unbranched alkanes of at least 4 members (excludes halogenated alkanes) is 28. The van der Waals surface area contributed by atoms with Gasteiger partial charge in [-0.15, -0.1) is 0 Å². The monoisotopic (exact) mass is 1010 g/mol. The van der Waals surface area contributed by atoms with Gasteiger partial charge < -0.3 is 14.2 Å². The molecule has 0 saturated heterocycles. The SMILES string of the molecule is CCCCC/C=C\C/C=C\C/C=C\C/C=C\C/C=C\CCC(=O)OC[C@H](COC(=O)CCCCCCCCCCCCCCCCCCCCC)OC(=O)CCCCCC/C=C\C/C=C\C/C=C\CCCCC. The van der Waals surface area contributed by atoms with Gasteiger partial charge in [-0.1, -0.05) is 272 Å². The highest BCUT2D eigenvalue weighted by molar-refractivity contribution is 5.71. The molecule has 6 nitrogen and oxygen atoms in total. The van der Waals surface area contributed by atoms with E-state index in [-0.39, 0.29) is 44.0 Å². The summed E-state index contributed by atoms with van der Waals surface area (Å²) >= 11 is 0. The molecule has 418 valence electrons. The maximum absolute atomic E-state index is 12.9. The Balaban J connectivity index is 4.51. The molecule has 0 saturated carbocycles. The molecule has 1 atom stereocenters. The molecule has 0 rings (SSSR count). The summed E-state index contributed by atoms with van der Waals surface area (Å²) in [6.45, 7) is 6.53. The zero-order valence-electron chi connectivity index (χ0n) is 47.9. The van der Waals surface area contributed by atoms with Gasteiger partial charge in [0.1, 0.15) is 13.2 Å². The second kappa shape index (κ2) is 60.9. The lowest BCUT2D eigenvalue weighted by molar-refractivity contribution is -0.166. The fourth-order valence-electron chi connectivity index (χ4n) is 8.43. The first-order valence-electron chi connectivity index (χ1n) is 30.7. The van der Waals surface area contributed by atoms with Crippen LogP contribution in [0.2, 0.25) is 0 Å². The third-order valence-electron chi connectivity index (χ3n) is 13.1. The number of hydrogen-bond acceptors (Lipinski definition) is 6. The Morgan fingerprint density at radius 1 is 0.274 bits per heavy atom. The zero-order valence-corrected chi connectivity index (χ0v) is 47.9. The van der Waals surface area contributed by atoms with Crippen molar-refractivity contribution in [3.05, 3.63) is 97.2 Å². The Morgan fingerprint density at radius 2 is 0.521 bits per heavy atom. The van der Waals surface area contributed by atoms with Crippen molar-refractivity contribution >= 4 is 17.9 Å². The van der Waals surface area contributed by atoms with Crippen LogP contribution in [0.25, 0.3) is 0 Å². The van der Waals surface area contributed by atoms with Gasteiger partial charge in [-0.2, -0.15) is 0 Å². The summed E-state index contributed by atoms with van der Waals surface area (Å²) in [5.41, 5.74) is 0. The van der Waals surface area contributed by atoms with Crippen LogP contribution in [0, 0.1) is 0 Å². The molecule has 0 heterocycles. The highest BCUT2D eigenvalue weighted by atomic mass is 16.6. The molecule has 0 fully saturated rings. The molecular weight excluding hydrogens is 901 g/mol. The topological polar surface area (TPSA) is 78.9 Å². The van der Waals surface area contributed by atoms with Crippen molar-refractivity contribution in [3.8, 4) is 0 Å². The first kappa shape index (κ1) is 69.3. The zero-order chi connectivity index (χ0) is 52.9. The number of carbonyl (C=O) groups excluding carboxylic acids is 3. The molecule has 0 aliphatic rings. The van der Waals surface area contributed by atoms with Gasteiger partial charge in [0.05, 0.1) is 0 Å². The molecule has 0 amide bonds. The van der Waals surface area contributed by atoms with Gasteiger partial charge in [-0.05, 0) is 96.3 Å². The predicted molar refractivity (Wildman–Crippen MR) is 316 cm³/mol. The fourth-order valence-corrected chi connectivity index (χ4v) is 8.43. The molecule has 73 heavy (non-hydrogen) atoms. The van der Waals surface area contributed by atoms with E-state index in [0.717, 1.165) is 89.9 Å². The molecule has 0 N–H and O–H groups in total. The quantitative estimate of drug-likeness (QED) is 0.0261. The summed E-state index contributed by atoms with van der Waals surface area (Å²) in [4.78, 5) is 38.2. The van der Waals surface area contributed by atoms with Crippen molar-refractivity contribution in [1.29, 1.82) is 0 Å². The van der Waals surface area contributed by atoms with Crippen LogP contribution in [0.1, 0.15) is 290 Å². The van der Waals surface area contributed by atoms with Gasteiger partial charge in [0, 0.05) is 19.3 Å². The molecule has 0 spiro atoms. The standard InChI is InChI=1S/C67H114O6/c1-4-7-10-13-16-19-22-25-28-31-33-36-38-41-44-47-50-53-56-59-65(68)71-62-64(73-67(70)61-58-55-52-49-46-43-40-35-30-27-24-21-18-15-12-9-6-3)63-72-66(69)60-57-54-51-48-45-42-39-37-34-32-29-26-23-20-17-14-11-8-5-2/h16,18-19,21,25,27-28,30,33,36,40-41,43-44,50,53,64H,4-15,17,20,22-24,26,29,31-32,34-35,37-39,42,45-49,51-52,54-63H2,1-3H3/b19-16-,21-18-,28-25-,30-27-,36-33-,43-40-,44-41-,53-50-/t64-/m1/s1. The molecular formula is C67H114O6. The van der Waals surface area contributed by atoms with Gasteiger partial charge in [-0.3, -0.25) is 14.4 Å². The van der Waals surface area contributed by atoms with Crippen molar-refractivity contribution in [3.63, 3.8) is 0 Å². The Hall–Kier alpha value is -3.67. The Kier molecular flexibility index (Phi) is 57.8. The van der Waals surface area contributed by atoms with Crippen molar-refractivity contribution in [1.82, 2.24) is 0 Å². The normalized spacial score (nSPS) is 12.8. The van der Waals surface area contributed by atoms with Crippen LogP contribution in [-0.2, 0) is 28.6 Å². The van der Waals surface area contributed by atoms with Crippen molar-refractivity contribution in [2.45, 2.75) is 297 Å². The maximum Gasteiger partial charge on any atom is 0.306 e. The van der Waals surface area contributed by atoms with Crippen LogP contribution in [-0.4, -0.2) is 37.2 Å². The molecule has 0 aromatic heterocycles. The number of hydrogen-bond donors (Lipinski definition) is 0. The smallest absolute Gasteiger partial charge is 0.306 e. The van der Waals surface area contributed by atoms with E-state index in [0.29, 0.717) is 12.8 Å². The summed E-state index contributed by atoms with van der Waals surface area (Å²) in [6.07, 6.45) is 81.3. The molecule has 0 aromatic rings. The Labute approximate surface area is 451 Å². The molecule has 6 heteroatoms. The highest BCUT2D eigenvalue weighted by Crippen LogP contribution is 2.16. The average molecular weight is 1020 g/mol. The number of esters is 3. The first-order chi connectivity index (χ1) is 36.0. The summed E-state index contributed by atoms with van der Waals surface area (Å²) in [7, 11) is 0. The molecule has 0 aliphatic carbocycles. The summed E-state index contributed by atoms with van der Waals surface area (Å²) in [5, 5.41) is 0. The van der Waals surface area contributed by atoms with Crippen LogP contribution in [0.4, 0.5) is 0 Å². The second-order valence-corrected chi connectivity index (χ2v) is 20.3. The van der Waals surface area contributed by atoms with Crippen molar-refractivity contribution in [2.24, 2.45) is 0 Å². The van der Waals surface area contributed by atoms with E-state index < -0.39 is 6.10 Å². The van der Waals surface area contributed by atoms with E-state index >= 15 is 0 Å². The van der Waals surface area contributed by atoms with Crippen LogP contribution >= 0.6 is 0 Å². The minimum atomic E-state index is -0.820. The number of carbonyl (C=O) groups is 3. The van der Waals surface area contributed by atoms with Gasteiger partial charge in [0.2, 0.25) is 0 Å². The Bertz CT molecular complexity index is 1440. The number of allylic oxidation sites excluding steroid dienone is 16. The van der Waals surface area contributed by atoms with Crippen LogP contribution in [0.5, 0.6) is 0 Å². The maximum atomic E-state index is 12.9. The highest BCUT2D eigenvalue weighted by Gasteiger charge is 2.19. The lowest BCUT2D eigenvalue weighted by Gasteiger charge is -2.18. The summed E-state index contributed by atoms with van der Waals surface area (Å²) in [5.74, 6) is -1.01. The van der Waals surface area contributed by atoms with Gasteiger partial charge in [0.15, 0.2) is 6.10 Å². The van der Waals surface area contributed by atoms with Crippen molar-refractivity contribution in [2.75, 3.05) is 13.2 Å². The average Bonchev–Trinajstić information content (AvgIpc) is 3.39. The molecule has 0 aromatic carbocycles. The van der Waals surface area contributed by atoms with E-state index in [1.165, 1.54) is 154 Å². The third-order valence-corrected chi connectivity index (χ3v) is 13.1. The van der Waals surface area contributed by atoms with Crippen LogP contribution < -0.4 is 0 Å². The van der Waals surface area contributed by atoms with Crippen LogP contribution in [0.3, 0.4) is 0 Å². The van der Waals surface area contributed by atoms with E-state index in [1.807, 2.05) is 6.08 Å². The Morgan fingerprint density at radius 3 is 0.877 bits per heavy atom. The number of ether oxygens (including phenoxy) is 3. The van der Waals surface area contributed by atoms with E-state index in [2.05, 4.69) is 112 Å². The second-order valence-electron chi connectivity index (χ2n) is 20.3. The van der Waals surface area contributed by atoms with Crippen molar-refractivity contribution < 1.29 is 28.6 Å². The molecule has 0 unspecified atom stereocenters. The van der Waals surface area contributed by atoms with E-state index in [9.17, 15) is 14.4 Å². The largest absolute Gasteiger partial charge is 0.462 e. The minimum Gasteiger partial charge on any atom is -0.462 e. The summed E-state index contributed by atoms with van der Waals surface area (Å²) < 4.78 is 16.8. The minimum absolute atomic E-state index is 0.108. The van der Waals surface area contributed by atoms with E-state index in [1.54, 1.807) is 0 Å². The van der Waals surface area contributed by atoms with Gasteiger partial charge in [0.25, 0.3) is 0 Å². The molecule has 0 radical (unpaired) electrons. The lowest BCUT2D eigenvalue weighted by Crippen LogP contribution is -2.30. The number of rotatable bonds is 55. The lowest BCUT2D eigenvalue weighted by atomic mass is 10.0. The first-order valence-corrected chi connectivity index (χ1v) is 30.7. The summed E-state index contributed by atoms with van der Waals surface area (Å²) in [6, 6.07) is 0. The molecule has 0 aliphatic heterocycles. The molecule has 0 bridgehead atoms. The van der Waals surface area contributed by atoms with E-state index in [4.69, 9.17) is 14.2 Å². The van der Waals surface area contributed by atoms with Gasteiger partial charge in [-0.25, -0.2) is 0 Å². The third kappa shape index (κ3) is 59.1. The fraction of sp³-hybridized carbons (Fsp3) is 0.716.